The van der Waals surface area contributed by atoms with Crippen molar-refractivity contribution < 1.29 is 166 Å². The molecule has 1 heterocycles. The van der Waals surface area contributed by atoms with E-state index in [0.717, 1.165) is 0 Å². The minimum atomic E-state index is -2.03. The molecule has 0 bridgehead atoms. The molecule has 1 aromatic rings. The maximum absolute atomic E-state index is 14.7. The number of nitrogens with one attached hydrogen (secondary N) is 9. The number of carbonyl (C=O) groups excluding carboxylic acids is 15. The lowest BCUT2D eigenvalue weighted by Crippen LogP contribution is -2.55. The van der Waals surface area contributed by atoms with Crippen molar-refractivity contribution in [2.75, 3.05) is 32.8 Å². The average Bonchev–Trinajstić information content (AvgIpc) is 1.66. The van der Waals surface area contributed by atoms with Crippen molar-refractivity contribution in [2.24, 2.45) is 52.9 Å². The molecular formula is C86H126N12O34. The van der Waals surface area contributed by atoms with E-state index in [9.17, 15) is 156 Å². The van der Waals surface area contributed by atoms with Crippen LogP contribution in [0, 0.1) is 46.8 Å². The number of Topliss-reactive ketones (excluding diaryl/α,β-unsaturated/α-hetero) is 7. The molecule has 1 aliphatic heterocycles. The number of ether oxygens (including phenoxy) is 1. The molecule has 22 N–H and O–H groups in total. The fourth-order valence-electron chi connectivity index (χ4n) is 14.4. The van der Waals surface area contributed by atoms with Gasteiger partial charge < -0.3 is 110 Å². The van der Waals surface area contributed by atoms with Gasteiger partial charge in [0.1, 0.15) is 24.5 Å². The van der Waals surface area contributed by atoms with Crippen LogP contribution in [0.5, 0.6) is 0 Å². The fourth-order valence-corrected chi connectivity index (χ4v) is 14.4. The summed E-state index contributed by atoms with van der Waals surface area (Å²) in [6.45, 7) is 7.62. The maximum Gasteiger partial charge on any atom is 0.303 e. The summed E-state index contributed by atoms with van der Waals surface area (Å²) in [5.74, 6) is -37.0. The summed E-state index contributed by atoms with van der Waals surface area (Å²) in [5, 5.41) is 114. The zero-order valence-corrected chi connectivity index (χ0v) is 74.6. The lowest BCUT2D eigenvalue weighted by atomic mass is 9.88. The average molecular weight is 1870 g/mol. The lowest BCUT2D eigenvalue weighted by Gasteiger charge is -2.30. The lowest BCUT2D eigenvalue weighted by molar-refractivity contribution is -0.142. The number of guanidine groups is 1. The van der Waals surface area contributed by atoms with Crippen LogP contribution in [-0.4, -0.2) is 279 Å². The van der Waals surface area contributed by atoms with E-state index >= 15 is 0 Å². The Bertz CT molecular complexity index is 4270. The van der Waals surface area contributed by atoms with E-state index in [4.69, 9.17) is 26.7 Å². The second-order valence-corrected chi connectivity index (χ2v) is 33.4. The van der Waals surface area contributed by atoms with E-state index in [1.165, 1.54) is 36.1 Å². The highest BCUT2D eigenvalue weighted by molar-refractivity contribution is 6.01. The molecule has 0 aromatic heterocycles. The first-order valence-electron chi connectivity index (χ1n) is 43.4. The molecule has 0 radical (unpaired) electrons. The summed E-state index contributed by atoms with van der Waals surface area (Å²) in [4.78, 5) is 318. The fraction of sp³-hybridized carbons (Fsp3) is 0.640. The van der Waals surface area contributed by atoms with Crippen LogP contribution in [-0.2, 0) is 121 Å². The Morgan fingerprint density at radius 2 is 0.765 bits per heavy atom. The number of rotatable bonds is 72. The number of hydrogen-bond donors (Lipinski definition) is 20. The van der Waals surface area contributed by atoms with Crippen LogP contribution in [0.25, 0.3) is 0 Å². The van der Waals surface area contributed by atoms with Gasteiger partial charge in [0.25, 0.3) is 0 Å². The van der Waals surface area contributed by atoms with Gasteiger partial charge in [-0.25, -0.2) is 0 Å². The molecule has 46 heteroatoms. The van der Waals surface area contributed by atoms with E-state index in [0.29, 0.717) is 18.4 Å². The highest BCUT2D eigenvalue weighted by atomic mass is 16.5. The van der Waals surface area contributed by atoms with Crippen molar-refractivity contribution in [3.63, 3.8) is 0 Å². The summed E-state index contributed by atoms with van der Waals surface area (Å²) in [6.07, 6.45) is -18.1. The zero-order chi connectivity index (χ0) is 99.8. The quantitative estimate of drug-likeness (QED) is 0.0181. The van der Waals surface area contributed by atoms with Crippen LogP contribution in [0.1, 0.15) is 237 Å². The maximum atomic E-state index is 14.7. The van der Waals surface area contributed by atoms with Crippen molar-refractivity contribution in [3.05, 3.63) is 35.4 Å². The molecule has 734 valence electrons. The Labute approximate surface area is 759 Å². The SMILES string of the molecule is CC(=O)c1ccc(C[C@H](CC(=O)[C@@H](CCC(=O)O)NC(=O)[C@@H](CCC(=O)O)CC(=O)[C@@H](CCC(=O)O)NC(=O)[C@@H](CCC(=O)O)CC(=O)[C@@H](CCC(=O)O)NC(=O)[C@@H](CCC(=O)O)CC(=O)[C@@H](CCC(=O)O)NC(=O)[C@@H](CCC(=O)O)CC(=O)[C@H](N)CCC(=O)O)C(=O)NCCOCC(=O)N[C@@H](CCCNC(=N)N)C(=O)N2CCC[C@H]2C(=O)N[C@@H](CC(C)C)C(=O)CC(C)C)cc1. The molecule has 0 unspecified atom stereocenters. The van der Waals surface area contributed by atoms with Crippen molar-refractivity contribution >= 4 is 147 Å². The van der Waals surface area contributed by atoms with Crippen LogP contribution in [0.2, 0.25) is 0 Å². The molecule has 1 aliphatic rings. The zero-order valence-electron chi connectivity index (χ0n) is 74.6. The first kappa shape index (κ1) is 115. The number of nitrogens with zero attached hydrogens (tertiary/aromatic N) is 1. The number of hydrogen-bond acceptors (Lipinski definition) is 27. The van der Waals surface area contributed by atoms with Crippen molar-refractivity contribution in [3.8, 4) is 0 Å². The number of nitrogens with two attached hydrogens (primary N) is 2. The molecule has 1 saturated heterocycles. The normalized spacial score (nSPS) is 15.0. The second-order valence-electron chi connectivity index (χ2n) is 33.4. The van der Waals surface area contributed by atoms with Gasteiger partial charge in [-0.15, -0.1) is 0 Å². The monoisotopic (exact) mass is 1870 g/mol. The summed E-state index contributed by atoms with van der Waals surface area (Å²) < 4.78 is 5.60. The summed E-state index contributed by atoms with van der Waals surface area (Å²) in [7, 11) is 0. The van der Waals surface area contributed by atoms with Gasteiger partial charge in [0.2, 0.25) is 47.3 Å². The first-order chi connectivity index (χ1) is 61.9. The van der Waals surface area contributed by atoms with Crippen LogP contribution in [0.4, 0.5) is 0 Å². The molecule has 2 rings (SSSR count). The predicted molar refractivity (Wildman–Crippen MR) is 459 cm³/mol. The third kappa shape index (κ3) is 47.1. The van der Waals surface area contributed by atoms with Gasteiger partial charge in [0.15, 0.2) is 40.7 Å². The van der Waals surface area contributed by atoms with E-state index in [1.54, 1.807) is 0 Å². The third-order valence-corrected chi connectivity index (χ3v) is 21.5. The van der Waals surface area contributed by atoms with Crippen LogP contribution in [0.3, 0.4) is 0 Å². The standard InChI is InChI=1S/C86H126N12O34/c1-45(2)36-61(64(101)37-46(3)4)97-84(130)62-9-7-34-98(62)85(131)60(8-6-32-91-86(88)89)92-69(106)44-132-35-33-90-79(125)54(38-48-10-12-49(13-11-48)47(5)99)43-68(105)59(22-31-78(123)124)96-83(129)53(17-26-73(113)114)42-67(104)58(21-30-77(121)122)95-82(128)52(16-25-72(111)112)41-66(103)57(20-29-76(119)120)94-81(127)51(15-24-71(109)110)40-65(102)56(19-28-75(117)118)93-80(126)50(14-23-70(107)108)39-63(100)55(87)18-27-74(115)116/h10-13,45-46,50-62H,6-9,14-44,87H2,1-5H3,(H,90,125)(H,92,106)(H,93,126)(H,94,127)(H,95,128)(H,96,129)(H,97,130)(H,107,108)(H,109,110)(H,111,112)(H,113,114)(H,115,116)(H,117,118)(H,119,120)(H,121,122)(H,123,124)(H4,88,89,91)/t50-,51-,52-,53-,54+,55+,56+,57+,58+,59+,60-,61-,62-/m0/s1. The first-order valence-corrected chi connectivity index (χ1v) is 43.4. The Balaban J connectivity index is 2.58. The molecule has 46 nitrogen and oxygen atoms in total. The van der Waals surface area contributed by atoms with Gasteiger partial charge in [0.05, 0.1) is 42.9 Å². The Morgan fingerprint density at radius 1 is 0.409 bits per heavy atom. The molecule has 0 spiro atoms. The van der Waals surface area contributed by atoms with E-state index in [-0.39, 0.29) is 86.7 Å². The highest BCUT2D eigenvalue weighted by Crippen LogP contribution is 2.27. The minimum Gasteiger partial charge on any atom is -0.481 e. The van der Waals surface area contributed by atoms with Crippen molar-refractivity contribution in [1.29, 1.82) is 5.41 Å². The molecule has 1 fully saturated rings. The molecule has 0 aliphatic carbocycles. The third-order valence-electron chi connectivity index (χ3n) is 21.5. The van der Waals surface area contributed by atoms with E-state index in [2.05, 4.69) is 42.5 Å². The number of likely N-dealkylation sites (tertiary alicyclic amines) is 1. The molecular weight excluding hydrogens is 1740 g/mol. The van der Waals surface area contributed by atoms with Gasteiger partial charge in [-0.2, -0.15) is 0 Å². The number of aliphatic carboxylic acids is 9. The summed E-state index contributed by atoms with van der Waals surface area (Å²) >= 11 is 0. The Hall–Kier alpha value is -12.9. The van der Waals surface area contributed by atoms with Crippen LogP contribution < -0.4 is 54.0 Å². The van der Waals surface area contributed by atoms with Crippen LogP contribution in [0.15, 0.2) is 24.3 Å². The van der Waals surface area contributed by atoms with Gasteiger partial charge in [0, 0.05) is 151 Å². The van der Waals surface area contributed by atoms with Crippen molar-refractivity contribution in [2.45, 2.75) is 276 Å². The number of carbonyl (C=O) groups is 24. The minimum absolute atomic E-state index is 0.00808. The van der Waals surface area contributed by atoms with Crippen LogP contribution >= 0.6 is 0 Å². The molecule has 1 aromatic carbocycles. The van der Waals surface area contributed by atoms with Gasteiger partial charge in [-0.3, -0.25) is 120 Å². The summed E-state index contributed by atoms with van der Waals surface area (Å²) in [6, 6.07) is -6.52. The number of ketones is 7. The summed E-state index contributed by atoms with van der Waals surface area (Å²) in [5.41, 5.74) is 11.9. The van der Waals surface area contributed by atoms with Gasteiger partial charge in [-0.1, -0.05) is 52.0 Å². The number of benzene rings is 1. The molecule has 8 amide bonds. The van der Waals surface area contributed by atoms with E-state index in [1.807, 2.05) is 27.7 Å². The van der Waals surface area contributed by atoms with Crippen molar-refractivity contribution in [1.82, 2.24) is 47.4 Å². The molecule has 132 heavy (non-hydrogen) atoms. The second kappa shape index (κ2) is 60.1. The van der Waals surface area contributed by atoms with Gasteiger partial charge >= 0.3 is 53.7 Å². The Morgan fingerprint density at radius 3 is 1.12 bits per heavy atom. The Kier molecular flexibility index (Phi) is 52.5. The smallest absolute Gasteiger partial charge is 0.303 e. The van der Waals surface area contributed by atoms with Gasteiger partial charge in [-0.05, 0) is 121 Å². The number of amides is 8. The number of carboxylic acid groups (broad SMARTS) is 9. The highest BCUT2D eigenvalue weighted by Gasteiger charge is 2.42. The van der Waals surface area contributed by atoms with E-state index < -0.39 is 369 Å². The largest absolute Gasteiger partial charge is 0.481 e. The molecule has 13 atom stereocenters. The molecule has 0 saturated carbocycles. The predicted octanol–water partition coefficient (Wildman–Crippen LogP) is 0.376. The number of carboxylic acids is 9. The topological polar surface area (TPSA) is 776 Å².